The van der Waals surface area contributed by atoms with Gasteiger partial charge in [0, 0.05) is 0 Å². The van der Waals surface area contributed by atoms with Gasteiger partial charge in [-0.3, -0.25) is 0 Å². The van der Waals surface area contributed by atoms with Crippen LogP contribution in [0.25, 0.3) is 5.57 Å². The highest BCUT2D eigenvalue weighted by molar-refractivity contribution is 5.65. The smallest absolute Gasteiger partial charge is 0.0228 e. The highest BCUT2D eigenvalue weighted by Crippen LogP contribution is 2.24. The van der Waals surface area contributed by atoms with Gasteiger partial charge in [0.05, 0.1) is 0 Å². The Morgan fingerprint density at radius 3 is 2.19 bits per heavy atom. The summed E-state index contributed by atoms with van der Waals surface area (Å²) < 4.78 is 0. The Labute approximate surface area is 99.4 Å². The van der Waals surface area contributed by atoms with E-state index in [0.29, 0.717) is 0 Å². The summed E-state index contributed by atoms with van der Waals surface area (Å²) in [5.74, 6) is 0. The maximum absolute atomic E-state index is 2.47. The molecule has 1 aromatic rings. The van der Waals surface area contributed by atoms with E-state index in [1.165, 1.54) is 56.9 Å². The van der Waals surface area contributed by atoms with Crippen molar-refractivity contribution in [3.05, 3.63) is 42.0 Å². The van der Waals surface area contributed by atoms with E-state index < -0.39 is 0 Å². The second-order valence-electron chi connectivity index (χ2n) is 4.76. The molecule has 0 aliphatic heterocycles. The SMILES string of the molecule is C1=C(c2ccccc2)CCCCCCCC1. The molecule has 86 valence electrons. The zero-order chi connectivity index (χ0) is 11.1. The van der Waals surface area contributed by atoms with Gasteiger partial charge in [-0.25, -0.2) is 0 Å². The Morgan fingerprint density at radius 2 is 1.38 bits per heavy atom. The zero-order valence-electron chi connectivity index (χ0n) is 10.1. The van der Waals surface area contributed by atoms with Crippen LogP contribution >= 0.6 is 0 Å². The van der Waals surface area contributed by atoms with Crippen LogP contribution in [0, 0.1) is 0 Å². The topological polar surface area (TPSA) is 0 Å². The van der Waals surface area contributed by atoms with Crippen LogP contribution < -0.4 is 0 Å². The van der Waals surface area contributed by atoms with Crippen LogP contribution in [0.2, 0.25) is 0 Å². The summed E-state index contributed by atoms with van der Waals surface area (Å²) in [5, 5.41) is 0. The predicted octanol–water partition coefficient (Wildman–Crippen LogP) is 5.20. The lowest BCUT2D eigenvalue weighted by molar-refractivity contribution is 0.595. The lowest BCUT2D eigenvalue weighted by Crippen LogP contribution is -1.89. The van der Waals surface area contributed by atoms with E-state index in [0.717, 1.165) is 0 Å². The molecule has 0 radical (unpaired) electrons. The molecule has 0 heteroatoms. The maximum atomic E-state index is 2.47. The number of rotatable bonds is 1. The van der Waals surface area contributed by atoms with Crippen LogP contribution in [0.3, 0.4) is 0 Å². The summed E-state index contributed by atoms with van der Waals surface area (Å²) in [6.07, 6.45) is 13.4. The van der Waals surface area contributed by atoms with Crippen molar-refractivity contribution in [1.82, 2.24) is 0 Å². The Morgan fingerprint density at radius 1 is 0.688 bits per heavy atom. The number of allylic oxidation sites excluding steroid dienone is 2. The highest BCUT2D eigenvalue weighted by Gasteiger charge is 2.02. The fourth-order valence-corrected chi connectivity index (χ4v) is 2.46. The first-order valence-corrected chi connectivity index (χ1v) is 6.71. The molecular formula is C16H22. The standard InChI is InChI=1S/C16H22/c1-2-4-7-11-15(12-8-5-3-1)16-13-9-6-10-14-16/h6,9-11,13-14H,1-5,7-8,12H2. The van der Waals surface area contributed by atoms with Crippen LogP contribution in [0.4, 0.5) is 0 Å². The predicted molar refractivity (Wildman–Crippen MR) is 71.4 cm³/mol. The summed E-state index contributed by atoms with van der Waals surface area (Å²) in [4.78, 5) is 0. The molecule has 16 heavy (non-hydrogen) atoms. The first-order valence-electron chi connectivity index (χ1n) is 6.71. The molecule has 0 spiro atoms. The van der Waals surface area contributed by atoms with Crippen molar-refractivity contribution >= 4 is 5.57 Å². The van der Waals surface area contributed by atoms with Gasteiger partial charge in [0.15, 0.2) is 0 Å². The van der Waals surface area contributed by atoms with Gasteiger partial charge in [-0.2, -0.15) is 0 Å². The highest BCUT2D eigenvalue weighted by atomic mass is 14.1. The number of benzene rings is 1. The average molecular weight is 214 g/mol. The third kappa shape index (κ3) is 3.52. The quantitative estimate of drug-likeness (QED) is 0.602. The van der Waals surface area contributed by atoms with E-state index >= 15 is 0 Å². The molecular weight excluding hydrogens is 192 g/mol. The largest absolute Gasteiger partial charge is 0.0807 e. The normalized spacial score (nSPS) is 18.9. The molecule has 0 aromatic heterocycles. The van der Waals surface area contributed by atoms with Gasteiger partial charge >= 0.3 is 0 Å². The van der Waals surface area contributed by atoms with Crippen LogP contribution in [0.5, 0.6) is 0 Å². The van der Waals surface area contributed by atoms with Crippen LogP contribution in [0.1, 0.15) is 56.9 Å². The minimum absolute atomic E-state index is 1.27. The van der Waals surface area contributed by atoms with Crippen LogP contribution in [-0.2, 0) is 0 Å². The fraction of sp³-hybridized carbons (Fsp3) is 0.500. The molecule has 0 N–H and O–H groups in total. The molecule has 0 unspecified atom stereocenters. The first-order chi connectivity index (χ1) is 7.97. The fourth-order valence-electron chi connectivity index (χ4n) is 2.46. The monoisotopic (exact) mass is 214 g/mol. The molecule has 0 nitrogen and oxygen atoms in total. The van der Waals surface area contributed by atoms with Gasteiger partial charge in [-0.1, -0.05) is 62.1 Å². The molecule has 0 saturated heterocycles. The molecule has 0 amide bonds. The van der Waals surface area contributed by atoms with Gasteiger partial charge in [0.1, 0.15) is 0 Å². The van der Waals surface area contributed by atoms with E-state index in [1.54, 1.807) is 5.57 Å². The van der Waals surface area contributed by atoms with Crippen molar-refractivity contribution in [2.45, 2.75) is 51.4 Å². The van der Waals surface area contributed by atoms with E-state index in [9.17, 15) is 0 Å². The molecule has 0 bridgehead atoms. The Bertz CT molecular complexity index is 321. The van der Waals surface area contributed by atoms with E-state index in [2.05, 4.69) is 36.4 Å². The van der Waals surface area contributed by atoms with Crippen molar-refractivity contribution in [3.63, 3.8) is 0 Å². The zero-order valence-corrected chi connectivity index (χ0v) is 10.1. The van der Waals surface area contributed by atoms with Gasteiger partial charge in [-0.15, -0.1) is 0 Å². The van der Waals surface area contributed by atoms with Gasteiger partial charge in [0.2, 0.25) is 0 Å². The minimum atomic E-state index is 1.27. The van der Waals surface area contributed by atoms with Gasteiger partial charge < -0.3 is 0 Å². The van der Waals surface area contributed by atoms with Crippen LogP contribution in [0.15, 0.2) is 36.4 Å². The average Bonchev–Trinajstić information content (AvgIpc) is 2.37. The molecule has 1 aliphatic carbocycles. The molecule has 1 aliphatic rings. The maximum Gasteiger partial charge on any atom is -0.0228 e. The Balaban J connectivity index is 2.07. The summed E-state index contributed by atoms with van der Waals surface area (Å²) in [6, 6.07) is 10.9. The van der Waals surface area contributed by atoms with E-state index in [1.807, 2.05) is 0 Å². The van der Waals surface area contributed by atoms with E-state index in [4.69, 9.17) is 0 Å². The molecule has 2 rings (SSSR count). The summed E-state index contributed by atoms with van der Waals surface area (Å²) in [6.45, 7) is 0. The second kappa shape index (κ2) is 6.52. The van der Waals surface area contributed by atoms with Crippen molar-refractivity contribution in [1.29, 1.82) is 0 Å². The van der Waals surface area contributed by atoms with Crippen molar-refractivity contribution in [2.24, 2.45) is 0 Å². The molecule has 0 heterocycles. The number of hydrogen-bond donors (Lipinski definition) is 0. The lowest BCUT2D eigenvalue weighted by atomic mass is 9.95. The minimum Gasteiger partial charge on any atom is -0.0807 e. The summed E-state index contributed by atoms with van der Waals surface area (Å²) in [7, 11) is 0. The molecule has 0 atom stereocenters. The lowest BCUT2D eigenvalue weighted by Gasteiger charge is -2.10. The van der Waals surface area contributed by atoms with Crippen molar-refractivity contribution < 1.29 is 0 Å². The van der Waals surface area contributed by atoms with Gasteiger partial charge in [-0.05, 0) is 36.8 Å². The second-order valence-corrected chi connectivity index (χ2v) is 4.76. The van der Waals surface area contributed by atoms with Crippen molar-refractivity contribution in [3.8, 4) is 0 Å². The van der Waals surface area contributed by atoms with Gasteiger partial charge in [0.25, 0.3) is 0 Å². The first kappa shape index (κ1) is 11.4. The third-order valence-corrected chi connectivity index (χ3v) is 3.44. The molecule has 0 fully saturated rings. The summed E-state index contributed by atoms with van der Waals surface area (Å²) >= 11 is 0. The Kier molecular flexibility index (Phi) is 4.67. The molecule has 1 aromatic carbocycles. The Hall–Kier alpha value is -1.04. The van der Waals surface area contributed by atoms with Crippen molar-refractivity contribution in [2.75, 3.05) is 0 Å². The molecule has 0 saturated carbocycles. The van der Waals surface area contributed by atoms with E-state index in [-0.39, 0.29) is 0 Å². The van der Waals surface area contributed by atoms with Crippen LogP contribution in [-0.4, -0.2) is 0 Å². The summed E-state index contributed by atoms with van der Waals surface area (Å²) in [5.41, 5.74) is 3.01. The number of hydrogen-bond acceptors (Lipinski definition) is 0. The third-order valence-electron chi connectivity index (χ3n) is 3.44.